The smallest absolute Gasteiger partial charge is 0.254 e. The van der Waals surface area contributed by atoms with Crippen molar-refractivity contribution in [3.05, 3.63) is 76.1 Å². The summed E-state index contributed by atoms with van der Waals surface area (Å²) in [7, 11) is 1.60. The number of pyridine rings is 1. The van der Waals surface area contributed by atoms with Gasteiger partial charge in [-0.1, -0.05) is 31.0 Å². The first-order chi connectivity index (χ1) is 13.7. The Balaban J connectivity index is 1.69. The molecule has 5 heteroatoms. The number of methoxy groups -OCH3 is 1. The Labute approximate surface area is 163 Å². The van der Waals surface area contributed by atoms with Crippen LogP contribution < -0.4 is 10.3 Å². The Morgan fingerprint density at radius 1 is 1.11 bits per heavy atom. The van der Waals surface area contributed by atoms with Crippen LogP contribution in [-0.2, 0) is 6.54 Å². The van der Waals surface area contributed by atoms with Crippen LogP contribution in [0.2, 0.25) is 0 Å². The van der Waals surface area contributed by atoms with Crippen LogP contribution in [0.15, 0.2) is 59.4 Å². The van der Waals surface area contributed by atoms with Crippen molar-refractivity contribution in [2.45, 2.75) is 38.3 Å². The summed E-state index contributed by atoms with van der Waals surface area (Å²) >= 11 is 0. The molecule has 2 aromatic carbocycles. The highest BCUT2D eigenvalue weighted by molar-refractivity contribution is 5.94. The molecule has 1 N–H and O–H groups in total. The Hall–Kier alpha value is -3.08. The number of carbonyl (C=O) groups is 1. The number of nitrogens with one attached hydrogen (secondary N) is 1. The topological polar surface area (TPSA) is 62.4 Å². The minimum atomic E-state index is -0.162. The fourth-order valence-electron chi connectivity index (χ4n) is 3.98. The molecule has 0 aliphatic heterocycles. The van der Waals surface area contributed by atoms with E-state index in [-0.39, 0.29) is 17.5 Å². The Morgan fingerprint density at radius 2 is 1.86 bits per heavy atom. The zero-order chi connectivity index (χ0) is 19.5. The average molecular weight is 376 g/mol. The van der Waals surface area contributed by atoms with E-state index in [1.165, 1.54) is 0 Å². The highest BCUT2D eigenvalue weighted by Crippen LogP contribution is 2.27. The molecule has 1 aliphatic carbocycles. The predicted octanol–water partition coefficient (Wildman–Crippen LogP) is 4.12. The number of benzene rings is 2. The van der Waals surface area contributed by atoms with Gasteiger partial charge in [-0.2, -0.15) is 0 Å². The summed E-state index contributed by atoms with van der Waals surface area (Å²) in [6, 6.07) is 17.0. The highest BCUT2D eigenvalue weighted by Gasteiger charge is 2.28. The summed E-state index contributed by atoms with van der Waals surface area (Å²) in [4.78, 5) is 30.7. The number of H-pyrrole nitrogens is 1. The molecule has 3 aromatic rings. The number of aromatic nitrogens is 1. The van der Waals surface area contributed by atoms with Crippen LogP contribution in [0.25, 0.3) is 10.9 Å². The highest BCUT2D eigenvalue weighted by atomic mass is 16.5. The molecule has 0 spiro atoms. The molecule has 1 saturated carbocycles. The summed E-state index contributed by atoms with van der Waals surface area (Å²) < 4.78 is 5.23. The molecule has 0 atom stereocenters. The standard InChI is InChI=1S/C23H24N2O3/c1-28-20-12-11-17-13-18(22(26)24-21(17)14-20)15-25(19-9-5-6-10-19)23(27)16-7-3-2-4-8-16/h2-4,7-8,11-14,19H,5-6,9-10,15H2,1H3,(H,24,26). The van der Waals surface area contributed by atoms with Crippen molar-refractivity contribution >= 4 is 16.8 Å². The average Bonchev–Trinajstić information content (AvgIpc) is 3.26. The van der Waals surface area contributed by atoms with Crippen LogP contribution in [0, 0.1) is 0 Å². The Kier molecular flexibility index (Phi) is 5.15. The fourth-order valence-corrected chi connectivity index (χ4v) is 3.98. The summed E-state index contributed by atoms with van der Waals surface area (Å²) in [5, 5.41) is 0.925. The summed E-state index contributed by atoms with van der Waals surface area (Å²) in [5.74, 6) is 0.685. The molecule has 28 heavy (non-hydrogen) atoms. The molecular weight excluding hydrogens is 352 g/mol. The van der Waals surface area contributed by atoms with E-state index < -0.39 is 0 Å². The second kappa shape index (κ2) is 7.89. The fraction of sp³-hybridized carbons (Fsp3) is 0.304. The predicted molar refractivity (Wildman–Crippen MR) is 110 cm³/mol. The van der Waals surface area contributed by atoms with E-state index in [1.807, 2.05) is 59.5 Å². The Bertz CT molecular complexity index is 1040. The van der Waals surface area contributed by atoms with Gasteiger partial charge in [0.15, 0.2) is 0 Å². The maximum absolute atomic E-state index is 13.2. The third kappa shape index (κ3) is 3.65. The van der Waals surface area contributed by atoms with E-state index >= 15 is 0 Å². The largest absolute Gasteiger partial charge is 0.497 e. The summed E-state index contributed by atoms with van der Waals surface area (Å²) in [6.45, 7) is 0.315. The molecular formula is C23H24N2O3. The minimum absolute atomic E-state index is 0.0123. The first-order valence-corrected chi connectivity index (χ1v) is 9.71. The van der Waals surface area contributed by atoms with Crippen molar-refractivity contribution in [3.8, 4) is 5.75 Å². The van der Waals surface area contributed by atoms with E-state index in [1.54, 1.807) is 7.11 Å². The summed E-state index contributed by atoms with van der Waals surface area (Å²) in [6.07, 6.45) is 4.22. The van der Waals surface area contributed by atoms with E-state index in [0.29, 0.717) is 23.4 Å². The van der Waals surface area contributed by atoms with Crippen molar-refractivity contribution in [3.63, 3.8) is 0 Å². The van der Waals surface area contributed by atoms with Crippen LogP contribution >= 0.6 is 0 Å². The molecule has 1 heterocycles. The zero-order valence-corrected chi connectivity index (χ0v) is 16.0. The lowest BCUT2D eigenvalue weighted by atomic mass is 10.1. The number of aromatic amines is 1. The Morgan fingerprint density at radius 3 is 2.57 bits per heavy atom. The van der Waals surface area contributed by atoms with Crippen molar-refractivity contribution in [2.75, 3.05) is 7.11 Å². The number of rotatable bonds is 5. The maximum Gasteiger partial charge on any atom is 0.254 e. The lowest BCUT2D eigenvalue weighted by Crippen LogP contribution is -2.39. The minimum Gasteiger partial charge on any atom is -0.497 e. The monoisotopic (exact) mass is 376 g/mol. The SMILES string of the molecule is COc1ccc2cc(CN(C(=O)c3ccccc3)C3CCCC3)c(=O)[nH]c2c1. The third-order valence-electron chi connectivity index (χ3n) is 5.52. The maximum atomic E-state index is 13.2. The molecule has 5 nitrogen and oxygen atoms in total. The van der Waals surface area contributed by atoms with Gasteiger partial charge in [-0.15, -0.1) is 0 Å². The zero-order valence-electron chi connectivity index (χ0n) is 16.0. The first-order valence-electron chi connectivity index (χ1n) is 9.71. The molecule has 1 aromatic heterocycles. The molecule has 4 rings (SSSR count). The molecule has 144 valence electrons. The first kappa shape index (κ1) is 18.3. The summed E-state index contributed by atoms with van der Waals surface area (Å²) in [5.41, 5.74) is 1.84. The molecule has 1 amide bonds. The number of fused-ring (bicyclic) bond motifs is 1. The van der Waals surface area contributed by atoms with Gasteiger partial charge in [0.1, 0.15) is 5.75 Å². The second-order valence-electron chi connectivity index (χ2n) is 7.31. The lowest BCUT2D eigenvalue weighted by Gasteiger charge is -2.29. The van der Waals surface area contributed by atoms with Crippen molar-refractivity contribution in [1.82, 2.24) is 9.88 Å². The van der Waals surface area contributed by atoms with Gasteiger partial charge < -0.3 is 14.6 Å². The second-order valence-corrected chi connectivity index (χ2v) is 7.31. The van der Waals surface area contributed by atoms with Crippen LogP contribution in [0.1, 0.15) is 41.6 Å². The number of nitrogens with zero attached hydrogens (tertiary/aromatic N) is 1. The van der Waals surface area contributed by atoms with Crippen LogP contribution in [-0.4, -0.2) is 28.9 Å². The van der Waals surface area contributed by atoms with Crippen molar-refractivity contribution in [2.24, 2.45) is 0 Å². The van der Waals surface area contributed by atoms with E-state index in [0.717, 1.165) is 36.6 Å². The molecule has 0 saturated heterocycles. The van der Waals surface area contributed by atoms with Gasteiger partial charge in [0.2, 0.25) is 0 Å². The van der Waals surface area contributed by atoms with Gasteiger partial charge in [-0.25, -0.2) is 0 Å². The normalized spacial score (nSPS) is 14.3. The van der Waals surface area contributed by atoms with Crippen molar-refractivity contribution < 1.29 is 9.53 Å². The van der Waals surface area contributed by atoms with Crippen LogP contribution in [0.3, 0.4) is 0 Å². The van der Waals surface area contributed by atoms with Crippen molar-refractivity contribution in [1.29, 1.82) is 0 Å². The van der Waals surface area contributed by atoms with Crippen LogP contribution in [0.5, 0.6) is 5.75 Å². The number of hydrogen-bond donors (Lipinski definition) is 1. The third-order valence-corrected chi connectivity index (χ3v) is 5.52. The number of hydrogen-bond acceptors (Lipinski definition) is 3. The van der Waals surface area contributed by atoms with Crippen LogP contribution in [0.4, 0.5) is 0 Å². The van der Waals surface area contributed by atoms with Gasteiger partial charge in [-0.3, -0.25) is 9.59 Å². The van der Waals surface area contributed by atoms with Gasteiger partial charge in [0.25, 0.3) is 11.5 Å². The van der Waals surface area contributed by atoms with E-state index in [2.05, 4.69) is 4.98 Å². The molecule has 0 unspecified atom stereocenters. The number of carbonyl (C=O) groups excluding carboxylic acids is 1. The number of amides is 1. The lowest BCUT2D eigenvalue weighted by molar-refractivity contribution is 0.0664. The van der Waals surface area contributed by atoms with Gasteiger partial charge in [-0.05, 0) is 48.6 Å². The van der Waals surface area contributed by atoms with E-state index in [4.69, 9.17) is 4.74 Å². The van der Waals surface area contributed by atoms with Gasteiger partial charge >= 0.3 is 0 Å². The molecule has 1 aliphatic rings. The van der Waals surface area contributed by atoms with Gasteiger partial charge in [0, 0.05) is 23.2 Å². The molecule has 0 radical (unpaired) electrons. The van der Waals surface area contributed by atoms with Gasteiger partial charge in [0.05, 0.1) is 19.2 Å². The number of ether oxygens (including phenoxy) is 1. The quantitative estimate of drug-likeness (QED) is 0.728. The molecule has 1 fully saturated rings. The molecule has 0 bridgehead atoms. The van der Waals surface area contributed by atoms with E-state index in [9.17, 15) is 9.59 Å².